The molecule has 0 spiro atoms. The van der Waals surface area contributed by atoms with Crippen LogP contribution in [0.5, 0.6) is 0 Å². The zero-order valence-electron chi connectivity index (χ0n) is 22.1. The smallest absolute Gasteiger partial charge is 0.244 e. The van der Waals surface area contributed by atoms with Crippen LogP contribution in [0.15, 0.2) is 72.8 Å². The van der Waals surface area contributed by atoms with E-state index in [4.69, 9.17) is 0 Å². The molecule has 0 saturated carbocycles. The van der Waals surface area contributed by atoms with Gasteiger partial charge in [-0.1, -0.05) is 72.3 Å². The molecule has 8 heteroatoms. The summed E-state index contributed by atoms with van der Waals surface area (Å²) in [6.45, 7) is 5.39. The number of carbonyl (C=O) groups excluding carboxylic acids is 2. The lowest BCUT2D eigenvalue weighted by atomic mass is 10.0. The van der Waals surface area contributed by atoms with Crippen LogP contribution in [0.2, 0.25) is 0 Å². The highest BCUT2D eigenvalue weighted by Gasteiger charge is 2.33. The summed E-state index contributed by atoms with van der Waals surface area (Å²) in [5.74, 6) is -0.778. The number of benzene rings is 3. The summed E-state index contributed by atoms with van der Waals surface area (Å²) in [6, 6.07) is 21.8. The van der Waals surface area contributed by atoms with Crippen molar-refractivity contribution in [3.63, 3.8) is 0 Å². The molecule has 0 heterocycles. The van der Waals surface area contributed by atoms with Crippen molar-refractivity contribution in [2.45, 2.75) is 39.8 Å². The zero-order valence-corrected chi connectivity index (χ0v) is 22.9. The van der Waals surface area contributed by atoms with Crippen LogP contribution in [-0.4, -0.2) is 51.0 Å². The van der Waals surface area contributed by atoms with E-state index in [-0.39, 0.29) is 12.5 Å². The molecule has 196 valence electrons. The molecule has 3 rings (SSSR count). The van der Waals surface area contributed by atoms with E-state index in [0.717, 1.165) is 38.4 Å². The van der Waals surface area contributed by atoms with Gasteiger partial charge < -0.3 is 10.2 Å². The Balaban J connectivity index is 2.06. The van der Waals surface area contributed by atoms with Gasteiger partial charge in [0.1, 0.15) is 12.6 Å². The highest BCUT2D eigenvalue weighted by atomic mass is 32.2. The molecule has 3 aromatic carbocycles. The predicted octanol–water partition coefficient (Wildman–Crippen LogP) is 3.76. The van der Waals surface area contributed by atoms with Crippen LogP contribution in [0.3, 0.4) is 0 Å². The summed E-state index contributed by atoms with van der Waals surface area (Å²) in [5, 5.41) is 2.68. The maximum Gasteiger partial charge on any atom is 0.244 e. The van der Waals surface area contributed by atoms with E-state index < -0.39 is 28.5 Å². The number of hydrogen-bond acceptors (Lipinski definition) is 4. The van der Waals surface area contributed by atoms with Gasteiger partial charge in [-0.3, -0.25) is 13.9 Å². The van der Waals surface area contributed by atoms with Crippen molar-refractivity contribution >= 4 is 27.5 Å². The molecule has 3 aromatic rings. The van der Waals surface area contributed by atoms with E-state index in [9.17, 15) is 18.0 Å². The van der Waals surface area contributed by atoms with E-state index in [0.29, 0.717) is 12.1 Å². The molecule has 0 unspecified atom stereocenters. The van der Waals surface area contributed by atoms with Crippen molar-refractivity contribution < 1.29 is 18.0 Å². The fourth-order valence-corrected chi connectivity index (χ4v) is 5.21. The largest absolute Gasteiger partial charge is 0.357 e. The van der Waals surface area contributed by atoms with Gasteiger partial charge in [-0.05, 0) is 49.1 Å². The molecule has 1 N–H and O–H groups in total. The molecule has 0 aliphatic rings. The standard InChI is InChI=1S/C29H35N3O4S/c1-21-10-9-13-25(16-21)19-31(27(29(34)30-4)18-24-11-7-6-8-12-24)28(33)20-32(37(5,35)36)26-17-22(2)14-15-23(26)3/h6-17,27H,18-20H2,1-5H3,(H,30,34)/t27-/m0/s1. The SMILES string of the molecule is CNC(=O)[C@H](Cc1ccccc1)N(Cc1cccc(C)c1)C(=O)CN(c1cc(C)ccc1C)S(C)(=O)=O. The lowest BCUT2D eigenvalue weighted by Gasteiger charge is -2.33. The van der Waals surface area contributed by atoms with Crippen LogP contribution in [0.25, 0.3) is 0 Å². The van der Waals surface area contributed by atoms with Crippen molar-refractivity contribution in [1.29, 1.82) is 0 Å². The number of nitrogens with one attached hydrogen (secondary N) is 1. The second-order valence-corrected chi connectivity index (χ2v) is 11.3. The molecule has 0 radical (unpaired) electrons. The van der Waals surface area contributed by atoms with Crippen molar-refractivity contribution in [2.75, 3.05) is 24.2 Å². The van der Waals surface area contributed by atoms with Gasteiger partial charge in [-0.25, -0.2) is 8.42 Å². The number of aryl methyl sites for hydroxylation is 3. The molecule has 0 aromatic heterocycles. The molecule has 0 bridgehead atoms. The van der Waals surface area contributed by atoms with Gasteiger partial charge in [0.2, 0.25) is 21.8 Å². The van der Waals surface area contributed by atoms with E-state index in [1.54, 1.807) is 6.07 Å². The Morgan fingerprint density at radius 1 is 0.865 bits per heavy atom. The van der Waals surface area contributed by atoms with Gasteiger partial charge in [0.25, 0.3) is 0 Å². The summed E-state index contributed by atoms with van der Waals surface area (Å²) >= 11 is 0. The van der Waals surface area contributed by atoms with E-state index >= 15 is 0 Å². The maximum absolute atomic E-state index is 14.0. The van der Waals surface area contributed by atoms with Gasteiger partial charge in [-0.15, -0.1) is 0 Å². The Bertz CT molecular complexity index is 1360. The highest BCUT2D eigenvalue weighted by Crippen LogP contribution is 2.25. The second-order valence-electron chi connectivity index (χ2n) is 9.39. The quantitative estimate of drug-likeness (QED) is 0.440. The maximum atomic E-state index is 14.0. The third kappa shape index (κ3) is 7.43. The molecule has 7 nitrogen and oxygen atoms in total. The van der Waals surface area contributed by atoms with Gasteiger partial charge in [0.05, 0.1) is 11.9 Å². The lowest BCUT2D eigenvalue weighted by molar-refractivity contribution is -0.139. The van der Waals surface area contributed by atoms with Crippen LogP contribution in [-0.2, 0) is 32.6 Å². The summed E-state index contributed by atoms with van der Waals surface area (Å²) in [7, 11) is -2.25. The average molecular weight is 522 g/mol. The number of carbonyl (C=O) groups is 2. The fourth-order valence-electron chi connectivity index (χ4n) is 4.31. The summed E-state index contributed by atoms with van der Waals surface area (Å²) in [4.78, 5) is 28.6. The fraction of sp³-hybridized carbons (Fsp3) is 0.310. The Morgan fingerprint density at radius 2 is 1.51 bits per heavy atom. The minimum atomic E-state index is -3.79. The molecular weight excluding hydrogens is 486 g/mol. The van der Waals surface area contributed by atoms with Gasteiger partial charge in [-0.2, -0.15) is 0 Å². The van der Waals surface area contributed by atoms with Crippen LogP contribution in [0, 0.1) is 20.8 Å². The normalized spacial score (nSPS) is 12.0. The summed E-state index contributed by atoms with van der Waals surface area (Å²) < 4.78 is 26.9. The number of rotatable bonds is 10. The predicted molar refractivity (Wildman–Crippen MR) is 148 cm³/mol. The van der Waals surface area contributed by atoms with E-state index in [1.807, 2.05) is 87.5 Å². The van der Waals surface area contributed by atoms with Crippen molar-refractivity contribution in [1.82, 2.24) is 10.2 Å². The molecule has 0 aliphatic carbocycles. The number of nitrogens with zero attached hydrogens (tertiary/aromatic N) is 2. The number of likely N-dealkylation sites (N-methyl/N-ethyl adjacent to an activating group) is 1. The highest BCUT2D eigenvalue weighted by molar-refractivity contribution is 7.92. The van der Waals surface area contributed by atoms with Crippen molar-refractivity contribution in [3.8, 4) is 0 Å². The molecule has 2 amide bonds. The Morgan fingerprint density at radius 3 is 2.14 bits per heavy atom. The van der Waals surface area contributed by atoms with Crippen molar-refractivity contribution in [3.05, 3.63) is 101 Å². The van der Waals surface area contributed by atoms with Gasteiger partial charge in [0, 0.05) is 20.0 Å². The van der Waals surface area contributed by atoms with Crippen LogP contribution in [0.4, 0.5) is 5.69 Å². The van der Waals surface area contributed by atoms with Crippen molar-refractivity contribution in [2.24, 2.45) is 0 Å². The third-order valence-corrected chi connectivity index (χ3v) is 7.39. The number of sulfonamides is 1. The topological polar surface area (TPSA) is 86.8 Å². The molecule has 1 atom stereocenters. The number of amides is 2. The van der Waals surface area contributed by atoms with Gasteiger partial charge >= 0.3 is 0 Å². The molecule has 0 fully saturated rings. The van der Waals surface area contributed by atoms with Crippen LogP contribution in [0.1, 0.15) is 27.8 Å². The summed E-state index contributed by atoms with van der Waals surface area (Å²) in [5.41, 5.74) is 4.84. The first-order chi connectivity index (χ1) is 17.5. The first-order valence-corrected chi connectivity index (χ1v) is 14.0. The molecule has 0 saturated heterocycles. The number of anilines is 1. The number of hydrogen-bond donors (Lipinski definition) is 1. The Kier molecular flexibility index (Phi) is 9.10. The molecular formula is C29H35N3O4S. The summed E-state index contributed by atoms with van der Waals surface area (Å²) in [6.07, 6.45) is 1.38. The zero-order chi connectivity index (χ0) is 27.2. The molecule has 37 heavy (non-hydrogen) atoms. The average Bonchev–Trinajstić information content (AvgIpc) is 2.85. The minimum absolute atomic E-state index is 0.163. The van der Waals surface area contributed by atoms with Crippen LogP contribution < -0.4 is 9.62 Å². The van der Waals surface area contributed by atoms with Crippen LogP contribution >= 0.6 is 0 Å². The first-order valence-electron chi connectivity index (χ1n) is 12.1. The second kappa shape index (κ2) is 12.1. The minimum Gasteiger partial charge on any atom is -0.357 e. The molecule has 0 aliphatic heterocycles. The third-order valence-electron chi connectivity index (χ3n) is 6.27. The van der Waals surface area contributed by atoms with Gasteiger partial charge in [0.15, 0.2) is 0 Å². The van der Waals surface area contributed by atoms with E-state index in [2.05, 4.69) is 5.32 Å². The first kappa shape index (κ1) is 27.9. The Labute approximate surface area is 220 Å². The van der Waals surface area contributed by atoms with E-state index in [1.165, 1.54) is 11.9 Å². The lowest BCUT2D eigenvalue weighted by Crippen LogP contribution is -2.53. The monoisotopic (exact) mass is 521 g/mol. The Hall–Kier alpha value is -3.65.